The van der Waals surface area contributed by atoms with Gasteiger partial charge in [-0.3, -0.25) is 4.79 Å². The van der Waals surface area contributed by atoms with Gasteiger partial charge in [0.1, 0.15) is 0 Å². The first-order valence-corrected chi connectivity index (χ1v) is 6.40. The maximum Gasteiger partial charge on any atom is 0.222 e. The third-order valence-electron chi connectivity index (χ3n) is 3.19. The van der Waals surface area contributed by atoms with E-state index in [1.165, 1.54) is 0 Å². The van der Waals surface area contributed by atoms with Crippen LogP contribution in [0.5, 0.6) is 0 Å². The molecular formula is C15H24N2O. The standard InChI is InChI=1S/C15H24N2O/c1-11(12-8-6-5-7-9-12)17-14(18)10-13(16)15(2,3)4/h5-9,11,13H,10,16H2,1-4H3,(H,17,18)/t11-,13?/m1/s1. The number of carbonyl (C=O) groups excluding carboxylic acids is 1. The Labute approximate surface area is 110 Å². The minimum absolute atomic E-state index is 0.00813. The van der Waals surface area contributed by atoms with Crippen molar-refractivity contribution in [3.05, 3.63) is 35.9 Å². The first kappa shape index (κ1) is 14.7. The van der Waals surface area contributed by atoms with Crippen LogP contribution in [0.4, 0.5) is 0 Å². The van der Waals surface area contributed by atoms with Gasteiger partial charge in [-0.25, -0.2) is 0 Å². The summed E-state index contributed by atoms with van der Waals surface area (Å²) in [6, 6.07) is 9.82. The maximum atomic E-state index is 11.9. The van der Waals surface area contributed by atoms with E-state index >= 15 is 0 Å². The summed E-state index contributed by atoms with van der Waals surface area (Å²) >= 11 is 0. The normalized spacial score (nSPS) is 14.9. The number of hydrogen-bond donors (Lipinski definition) is 2. The van der Waals surface area contributed by atoms with E-state index < -0.39 is 0 Å². The molecule has 1 unspecified atom stereocenters. The van der Waals surface area contributed by atoms with E-state index in [1.807, 2.05) is 58.0 Å². The second kappa shape index (κ2) is 6.01. The molecule has 1 aromatic carbocycles. The molecule has 3 nitrogen and oxygen atoms in total. The molecule has 0 aliphatic rings. The average Bonchev–Trinajstić information content (AvgIpc) is 2.28. The van der Waals surface area contributed by atoms with Gasteiger partial charge in [-0.1, -0.05) is 51.1 Å². The van der Waals surface area contributed by atoms with E-state index in [0.29, 0.717) is 6.42 Å². The fourth-order valence-electron chi connectivity index (χ4n) is 1.63. The fraction of sp³-hybridized carbons (Fsp3) is 0.533. The van der Waals surface area contributed by atoms with Gasteiger partial charge in [0, 0.05) is 12.5 Å². The van der Waals surface area contributed by atoms with Gasteiger partial charge in [-0.15, -0.1) is 0 Å². The zero-order valence-corrected chi connectivity index (χ0v) is 11.7. The molecule has 0 aliphatic heterocycles. The third-order valence-corrected chi connectivity index (χ3v) is 3.19. The summed E-state index contributed by atoms with van der Waals surface area (Å²) in [4.78, 5) is 11.9. The molecule has 0 aromatic heterocycles. The van der Waals surface area contributed by atoms with E-state index in [4.69, 9.17) is 5.73 Å². The highest BCUT2D eigenvalue weighted by Gasteiger charge is 2.23. The molecule has 1 rings (SSSR count). The van der Waals surface area contributed by atoms with Crippen molar-refractivity contribution in [2.45, 2.75) is 46.2 Å². The molecule has 2 atom stereocenters. The minimum Gasteiger partial charge on any atom is -0.350 e. The van der Waals surface area contributed by atoms with E-state index in [9.17, 15) is 4.79 Å². The van der Waals surface area contributed by atoms with Gasteiger partial charge < -0.3 is 11.1 Å². The van der Waals surface area contributed by atoms with Gasteiger partial charge in [0.05, 0.1) is 6.04 Å². The molecule has 0 radical (unpaired) electrons. The summed E-state index contributed by atoms with van der Waals surface area (Å²) in [5.41, 5.74) is 7.06. The second-order valence-electron chi connectivity index (χ2n) is 5.88. The van der Waals surface area contributed by atoms with Crippen LogP contribution in [0.2, 0.25) is 0 Å². The van der Waals surface area contributed by atoms with Crippen molar-refractivity contribution in [3.8, 4) is 0 Å². The first-order valence-electron chi connectivity index (χ1n) is 6.40. The lowest BCUT2D eigenvalue weighted by molar-refractivity contribution is -0.122. The van der Waals surface area contributed by atoms with Crippen molar-refractivity contribution in [1.29, 1.82) is 0 Å². The molecule has 1 aromatic rings. The van der Waals surface area contributed by atoms with Gasteiger partial charge in [0.15, 0.2) is 0 Å². The molecule has 0 spiro atoms. The molecule has 0 fully saturated rings. The van der Waals surface area contributed by atoms with Crippen LogP contribution in [-0.4, -0.2) is 11.9 Å². The molecule has 1 amide bonds. The molecule has 3 heteroatoms. The Hall–Kier alpha value is -1.35. The van der Waals surface area contributed by atoms with Gasteiger partial charge in [0.2, 0.25) is 5.91 Å². The zero-order chi connectivity index (χ0) is 13.8. The van der Waals surface area contributed by atoms with Crippen LogP contribution in [0.15, 0.2) is 30.3 Å². The summed E-state index contributed by atoms with van der Waals surface area (Å²) in [6.45, 7) is 8.12. The lowest BCUT2D eigenvalue weighted by Crippen LogP contribution is -2.40. The summed E-state index contributed by atoms with van der Waals surface area (Å²) in [5, 5.41) is 2.98. The Morgan fingerprint density at radius 1 is 1.28 bits per heavy atom. The summed E-state index contributed by atoms with van der Waals surface area (Å²) < 4.78 is 0. The minimum atomic E-state index is -0.125. The predicted molar refractivity (Wildman–Crippen MR) is 75.0 cm³/mol. The Morgan fingerprint density at radius 2 is 1.83 bits per heavy atom. The van der Waals surface area contributed by atoms with E-state index in [2.05, 4.69) is 5.32 Å². The summed E-state index contributed by atoms with van der Waals surface area (Å²) in [5.74, 6) is 0.00813. The van der Waals surface area contributed by atoms with Gasteiger partial charge in [-0.05, 0) is 17.9 Å². The predicted octanol–water partition coefficient (Wildman–Crippen LogP) is 2.63. The fourth-order valence-corrected chi connectivity index (χ4v) is 1.63. The highest BCUT2D eigenvalue weighted by molar-refractivity contribution is 5.77. The largest absolute Gasteiger partial charge is 0.350 e. The molecule has 0 saturated carbocycles. The molecule has 0 saturated heterocycles. The van der Waals surface area contributed by atoms with Crippen LogP contribution in [0.1, 0.15) is 45.7 Å². The molecule has 0 aliphatic carbocycles. The monoisotopic (exact) mass is 248 g/mol. The van der Waals surface area contributed by atoms with Crippen LogP contribution in [0.25, 0.3) is 0 Å². The highest BCUT2D eigenvalue weighted by Crippen LogP contribution is 2.20. The number of nitrogens with one attached hydrogen (secondary N) is 1. The average molecular weight is 248 g/mol. The number of amides is 1. The lowest BCUT2D eigenvalue weighted by atomic mass is 9.85. The van der Waals surface area contributed by atoms with Crippen molar-refractivity contribution in [2.24, 2.45) is 11.1 Å². The number of nitrogens with two attached hydrogens (primary N) is 1. The van der Waals surface area contributed by atoms with E-state index in [0.717, 1.165) is 5.56 Å². The molecule has 100 valence electrons. The van der Waals surface area contributed by atoms with Crippen molar-refractivity contribution < 1.29 is 4.79 Å². The smallest absolute Gasteiger partial charge is 0.222 e. The first-order chi connectivity index (χ1) is 8.30. The topological polar surface area (TPSA) is 55.1 Å². The molecule has 18 heavy (non-hydrogen) atoms. The van der Waals surface area contributed by atoms with Crippen LogP contribution in [-0.2, 0) is 4.79 Å². The van der Waals surface area contributed by atoms with E-state index in [-0.39, 0.29) is 23.4 Å². The molecular weight excluding hydrogens is 224 g/mol. The molecule has 3 N–H and O–H groups in total. The van der Waals surface area contributed by atoms with Crippen LogP contribution in [0.3, 0.4) is 0 Å². The van der Waals surface area contributed by atoms with Crippen molar-refractivity contribution in [3.63, 3.8) is 0 Å². The summed E-state index contributed by atoms with van der Waals surface area (Å²) in [6.07, 6.45) is 0.362. The van der Waals surface area contributed by atoms with Gasteiger partial charge >= 0.3 is 0 Å². The maximum absolute atomic E-state index is 11.9. The zero-order valence-electron chi connectivity index (χ0n) is 11.7. The number of benzene rings is 1. The van der Waals surface area contributed by atoms with Crippen molar-refractivity contribution in [2.75, 3.05) is 0 Å². The Morgan fingerprint density at radius 3 is 2.33 bits per heavy atom. The van der Waals surface area contributed by atoms with Crippen molar-refractivity contribution in [1.82, 2.24) is 5.32 Å². The van der Waals surface area contributed by atoms with Crippen molar-refractivity contribution >= 4 is 5.91 Å². The molecule has 0 heterocycles. The number of carbonyl (C=O) groups is 1. The summed E-state index contributed by atoms with van der Waals surface area (Å²) in [7, 11) is 0. The number of hydrogen-bond acceptors (Lipinski definition) is 2. The number of rotatable bonds is 4. The van der Waals surface area contributed by atoms with Crippen LogP contribution < -0.4 is 11.1 Å². The van der Waals surface area contributed by atoms with Crippen LogP contribution >= 0.6 is 0 Å². The lowest BCUT2D eigenvalue weighted by Gasteiger charge is -2.27. The highest BCUT2D eigenvalue weighted by atomic mass is 16.1. The van der Waals surface area contributed by atoms with Crippen LogP contribution in [0, 0.1) is 5.41 Å². The third kappa shape index (κ3) is 4.49. The van der Waals surface area contributed by atoms with Gasteiger partial charge in [-0.2, -0.15) is 0 Å². The Kier molecular flexibility index (Phi) is 4.91. The quantitative estimate of drug-likeness (QED) is 0.860. The SMILES string of the molecule is C[C@@H](NC(=O)CC(N)C(C)(C)C)c1ccccc1. The Balaban J connectivity index is 2.51. The van der Waals surface area contributed by atoms with Gasteiger partial charge in [0.25, 0.3) is 0 Å². The Bertz CT molecular complexity index is 381. The van der Waals surface area contributed by atoms with E-state index in [1.54, 1.807) is 0 Å². The second-order valence-corrected chi connectivity index (χ2v) is 5.88. The molecule has 0 bridgehead atoms.